The molecule has 0 radical (unpaired) electrons. The van der Waals surface area contributed by atoms with E-state index in [1.54, 1.807) is 24.3 Å². The average Bonchev–Trinajstić information content (AvgIpc) is 2.98. The molecular formula is C15H20N2O3. The summed E-state index contributed by atoms with van der Waals surface area (Å²) in [6.07, 6.45) is 1.03. The molecule has 5 heteroatoms. The highest BCUT2D eigenvalue weighted by Gasteiger charge is 2.31. The van der Waals surface area contributed by atoms with Crippen molar-refractivity contribution in [2.45, 2.75) is 12.5 Å². The molecule has 108 valence electrons. The number of likely N-dealkylation sites (tertiary alicyclic amines) is 1. The van der Waals surface area contributed by atoms with Crippen molar-refractivity contribution in [1.82, 2.24) is 9.80 Å². The van der Waals surface area contributed by atoms with Crippen LogP contribution in [0.25, 0.3) is 0 Å². The van der Waals surface area contributed by atoms with Crippen LogP contribution in [0.2, 0.25) is 0 Å². The van der Waals surface area contributed by atoms with Gasteiger partial charge in [-0.2, -0.15) is 0 Å². The van der Waals surface area contributed by atoms with Crippen molar-refractivity contribution in [2.75, 3.05) is 39.4 Å². The Bertz CT molecular complexity index is 469. The van der Waals surface area contributed by atoms with Gasteiger partial charge in [0, 0.05) is 37.8 Å². The Balaban J connectivity index is 1.61. The standard InChI is InChI=1S/C15H20N2O3/c18-14-3-1-12(2-4-14)15(19)17-6-5-13(11-17)16-7-9-20-10-8-16/h1-4,13,18H,5-11H2. The molecule has 0 aliphatic carbocycles. The third-order valence-corrected chi connectivity index (χ3v) is 4.13. The zero-order valence-corrected chi connectivity index (χ0v) is 11.5. The first kappa shape index (κ1) is 13.4. The van der Waals surface area contributed by atoms with Crippen LogP contribution in [0.1, 0.15) is 16.8 Å². The Hall–Kier alpha value is -1.59. The first-order valence-electron chi connectivity index (χ1n) is 7.14. The van der Waals surface area contributed by atoms with Crippen LogP contribution >= 0.6 is 0 Å². The topological polar surface area (TPSA) is 53.0 Å². The molecule has 1 unspecified atom stereocenters. The molecule has 1 aromatic rings. The number of carbonyl (C=O) groups is 1. The molecule has 2 aliphatic rings. The van der Waals surface area contributed by atoms with Crippen molar-refractivity contribution < 1.29 is 14.6 Å². The summed E-state index contributed by atoms with van der Waals surface area (Å²) in [4.78, 5) is 16.7. The van der Waals surface area contributed by atoms with Crippen LogP contribution in [0.5, 0.6) is 5.75 Å². The minimum Gasteiger partial charge on any atom is -0.508 e. The average molecular weight is 276 g/mol. The van der Waals surface area contributed by atoms with E-state index in [1.165, 1.54) is 0 Å². The zero-order valence-electron chi connectivity index (χ0n) is 11.5. The highest BCUT2D eigenvalue weighted by molar-refractivity contribution is 5.94. The second-order valence-corrected chi connectivity index (χ2v) is 5.39. The fourth-order valence-corrected chi connectivity index (χ4v) is 2.95. The fourth-order valence-electron chi connectivity index (χ4n) is 2.95. The highest BCUT2D eigenvalue weighted by atomic mass is 16.5. The number of rotatable bonds is 2. The summed E-state index contributed by atoms with van der Waals surface area (Å²) in [5, 5.41) is 9.27. The number of hydrogen-bond donors (Lipinski definition) is 1. The van der Waals surface area contributed by atoms with E-state index in [2.05, 4.69) is 4.90 Å². The maximum Gasteiger partial charge on any atom is 0.253 e. The molecule has 2 saturated heterocycles. The Morgan fingerprint density at radius 2 is 1.85 bits per heavy atom. The van der Waals surface area contributed by atoms with Gasteiger partial charge in [-0.1, -0.05) is 0 Å². The van der Waals surface area contributed by atoms with Crippen LogP contribution in [0, 0.1) is 0 Å². The quantitative estimate of drug-likeness (QED) is 0.873. The van der Waals surface area contributed by atoms with Crippen molar-refractivity contribution >= 4 is 5.91 Å². The maximum atomic E-state index is 12.4. The van der Waals surface area contributed by atoms with Gasteiger partial charge in [0.05, 0.1) is 13.2 Å². The monoisotopic (exact) mass is 276 g/mol. The Morgan fingerprint density at radius 3 is 2.55 bits per heavy atom. The molecule has 0 saturated carbocycles. The Labute approximate surface area is 118 Å². The van der Waals surface area contributed by atoms with Crippen molar-refractivity contribution in [1.29, 1.82) is 0 Å². The van der Waals surface area contributed by atoms with Crippen molar-refractivity contribution in [3.63, 3.8) is 0 Å². The Kier molecular flexibility index (Phi) is 3.89. The molecule has 1 N–H and O–H groups in total. The summed E-state index contributed by atoms with van der Waals surface area (Å²) in [5.74, 6) is 0.245. The van der Waals surface area contributed by atoms with Crippen LogP contribution in [0.15, 0.2) is 24.3 Å². The van der Waals surface area contributed by atoms with E-state index in [0.717, 1.165) is 45.8 Å². The number of aromatic hydroxyl groups is 1. The van der Waals surface area contributed by atoms with Gasteiger partial charge in [-0.3, -0.25) is 9.69 Å². The van der Waals surface area contributed by atoms with Gasteiger partial charge in [0.2, 0.25) is 0 Å². The lowest BCUT2D eigenvalue weighted by Gasteiger charge is -2.32. The van der Waals surface area contributed by atoms with Crippen molar-refractivity contribution in [2.24, 2.45) is 0 Å². The molecule has 0 bridgehead atoms. The van der Waals surface area contributed by atoms with Crippen LogP contribution in [0.4, 0.5) is 0 Å². The fraction of sp³-hybridized carbons (Fsp3) is 0.533. The molecular weight excluding hydrogens is 256 g/mol. The number of nitrogens with zero attached hydrogens (tertiary/aromatic N) is 2. The lowest BCUT2D eigenvalue weighted by molar-refractivity contribution is 0.0185. The summed E-state index contributed by atoms with van der Waals surface area (Å²) in [7, 11) is 0. The van der Waals surface area contributed by atoms with Crippen molar-refractivity contribution in [3.8, 4) is 5.75 Å². The van der Waals surface area contributed by atoms with Crippen LogP contribution in [-0.2, 0) is 4.74 Å². The Morgan fingerprint density at radius 1 is 1.15 bits per heavy atom. The summed E-state index contributed by atoms with van der Waals surface area (Å²) >= 11 is 0. The first-order valence-corrected chi connectivity index (χ1v) is 7.14. The molecule has 1 amide bonds. The number of morpholine rings is 1. The van der Waals surface area contributed by atoms with Gasteiger partial charge < -0.3 is 14.7 Å². The minimum atomic E-state index is 0.0563. The summed E-state index contributed by atoms with van der Waals surface area (Å²) in [6, 6.07) is 6.94. The summed E-state index contributed by atoms with van der Waals surface area (Å²) in [6.45, 7) is 5.12. The zero-order chi connectivity index (χ0) is 13.9. The largest absolute Gasteiger partial charge is 0.508 e. The SMILES string of the molecule is O=C(c1ccc(O)cc1)N1CCC(N2CCOCC2)C1. The smallest absolute Gasteiger partial charge is 0.253 e. The molecule has 2 fully saturated rings. The van der Waals surface area contributed by atoms with Gasteiger partial charge in [0.1, 0.15) is 5.75 Å². The number of phenols is 1. The maximum absolute atomic E-state index is 12.4. The summed E-state index contributed by atoms with van der Waals surface area (Å²) < 4.78 is 5.37. The number of amides is 1. The minimum absolute atomic E-state index is 0.0563. The van der Waals surface area contributed by atoms with Gasteiger partial charge in [-0.15, -0.1) is 0 Å². The van der Waals surface area contributed by atoms with Gasteiger partial charge in [-0.25, -0.2) is 0 Å². The number of carbonyl (C=O) groups excluding carboxylic acids is 1. The highest BCUT2D eigenvalue weighted by Crippen LogP contribution is 2.20. The van der Waals surface area contributed by atoms with E-state index in [0.29, 0.717) is 11.6 Å². The molecule has 1 aromatic carbocycles. The molecule has 3 rings (SSSR count). The molecule has 1 atom stereocenters. The van der Waals surface area contributed by atoms with Gasteiger partial charge in [0.15, 0.2) is 0 Å². The number of phenolic OH excluding ortho intramolecular Hbond substituents is 1. The predicted octanol–water partition coefficient (Wildman–Crippen LogP) is 0.939. The van der Waals surface area contributed by atoms with Gasteiger partial charge in [-0.05, 0) is 30.7 Å². The second kappa shape index (κ2) is 5.81. The first-order chi connectivity index (χ1) is 9.74. The molecule has 2 aliphatic heterocycles. The number of hydrogen-bond acceptors (Lipinski definition) is 4. The molecule has 0 aromatic heterocycles. The normalized spacial score (nSPS) is 24.0. The van der Waals surface area contributed by atoms with E-state index in [-0.39, 0.29) is 11.7 Å². The van der Waals surface area contributed by atoms with E-state index in [4.69, 9.17) is 4.74 Å². The van der Waals surface area contributed by atoms with E-state index in [9.17, 15) is 9.90 Å². The van der Waals surface area contributed by atoms with Crippen LogP contribution in [-0.4, -0.2) is 66.2 Å². The van der Waals surface area contributed by atoms with Crippen LogP contribution < -0.4 is 0 Å². The third-order valence-electron chi connectivity index (χ3n) is 4.13. The van der Waals surface area contributed by atoms with Gasteiger partial charge in [0.25, 0.3) is 5.91 Å². The predicted molar refractivity (Wildman–Crippen MR) is 74.8 cm³/mol. The molecule has 2 heterocycles. The van der Waals surface area contributed by atoms with Gasteiger partial charge >= 0.3 is 0 Å². The van der Waals surface area contributed by atoms with Crippen LogP contribution in [0.3, 0.4) is 0 Å². The lowest BCUT2D eigenvalue weighted by atomic mass is 10.2. The third kappa shape index (κ3) is 2.78. The second-order valence-electron chi connectivity index (χ2n) is 5.39. The molecule has 0 spiro atoms. The number of ether oxygens (including phenoxy) is 1. The van der Waals surface area contributed by atoms with E-state index >= 15 is 0 Å². The van der Waals surface area contributed by atoms with Crippen molar-refractivity contribution in [3.05, 3.63) is 29.8 Å². The molecule has 20 heavy (non-hydrogen) atoms. The van der Waals surface area contributed by atoms with E-state index < -0.39 is 0 Å². The van der Waals surface area contributed by atoms with E-state index in [1.807, 2.05) is 4.90 Å². The number of benzene rings is 1. The summed E-state index contributed by atoms with van der Waals surface area (Å²) in [5.41, 5.74) is 0.644. The lowest BCUT2D eigenvalue weighted by Crippen LogP contribution is -2.45. The molecule has 5 nitrogen and oxygen atoms in total.